The molecule has 6 nitrogen and oxygen atoms in total. The van der Waals surface area contributed by atoms with E-state index in [9.17, 15) is 8.42 Å². The Morgan fingerprint density at radius 3 is 2.70 bits per heavy atom. The fraction of sp³-hybridized carbons (Fsp3) is 0.333. The molecule has 9 heteroatoms. The number of nitrogens with zero attached hydrogens (tertiary/aromatic N) is 3. The van der Waals surface area contributed by atoms with Gasteiger partial charge in [-0.1, -0.05) is 54.4 Å². The number of halogens is 1. The fourth-order valence-electron chi connectivity index (χ4n) is 4.04. The van der Waals surface area contributed by atoms with Crippen LogP contribution in [0.3, 0.4) is 0 Å². The van der Waals surface area contributed by atoms with E-state index in [0.29, 0.717) is 11.1 Å². The number of sulfonamides is 1. The molecule has 2 heterocycles. The van der Waals surface area contributed by atoms with Crippen molar-refractivity contribution in [2.24, 2.45) is 0 Å². The average molecular weight is 463 g/mol. The number of piperidine rings is 1. The fourth-order valence-corrected chi connectivity index (χ4v) is 6.13. The van der Waals surface area contributed by atoms with Crippen molar-refractivity contribution in [3.05, 3.63) is 71.0 Å². The first-order valence-electron chi connectivity index (χ1n) is 9.85. The number of likely N-dealkylation sites (tertiary alicyclic amines) is 1. The minimum atomic E-state index is -3.77. The van der Waals surface area contributed by atoms with Crippen LogP contribution >= 0.6 is 23.1 Å². The van der Waals surface area contributed by atoms with Crippen molar-refractivity contribution in [2.45, 2.75) is 43.2 Å². The molecule has 1 aliphatic heterocycles. The van der Waals surface area contributed by atoms with Gasteiger partial charge >= 0.3 is 0 Å². The van der Waals surface area contributed by atoms with Gasteiger partial charge in [0.05, 0.1) is 4.90 Å². The zero-order valence-electron chi connectivity index (χ0n) is 16.5. The second-order valence-electron chi connectivity index (χ2n) is 7.37. The van der Waals surface area contributed by atoms with E-state index in [0.717, 1.165) is 36.5 Å². The van der Waals surface area contributed by atoms with E-state index in [4.69, 9.17) is 11.6 Å². The summed E-state index contributed by atoms with van der Waals surface area (Å²) in [5.74, 6) is 0. The van der Waals surface area contributed by atoms with Crippen LogP contribution in [-0.4, -0.2) is 29.2 Å². The Labute approximate surface area is 186 Å². The summed E-state index contributed by atoms with van der Waals surface area (Å²) >= 11 is 7.56. The van der Waals surface area contributed by atoms with Gasteiger partial charge in [-0.3, -0.25) is 9.62 Å². The third kappa shape index (κ3) is 4.51. The maximum absolute atomic E-state index is 12.6. The van der Waals surface area contributed by atoms with Crippen molar-refractivity contribution in [3.8, 4) is 0 Å². The van der Waals surface area contributed by atoms with Crippen molar-refractivity contribution >= 4 is 38.3 Å². The molecule has 1 N–H and O–H groups in total. The van der Waals surface area contributed by atoms with Gasteiger partial charge in [-0.15, -0.1) is 0 Å². The molecule has 2 aromatic carbocycles. The monoisotopic (exact) mass is 462 g/mol. The zero-order valence-corrected chi connectivity index (χ0v) is 18.9. The molecule has 0 aliphatic carbocycles. The van der Waals surface area contributed by atoms with Crippen LogP contribution in [0.2, 0.25) is 5.02 Å². The predicted molar refractivity (Wildman–Crippen MR) is 120 cm³/mol. The van der Waals surface area contributed by atoms with E-state index in [1.54, 1.807) is 6.07 Å². The Kier molecular flexibility index (Phi) is 6.38. The van der Waals surface area contributed by atoms with Gasteiger partial charge in [-0.05, 0) is 49.6 Å². The third-order valence-corrected chi connectivity index (χ3v) is 7.91. The summed E-state index contributed by atoms with van der Waals surface area (Å²) in [6.45, 7) is 3.12. The van der Waals surface area contributed by atoms with Crippen LogP contribution in [-0.2, 0) is 10.0 Å². The summed E-state index contributed by atoms with van der Waals surface area (Å²) in [6.07, 6.45) is 4.75. The number of hydrogen-bond donors (Lipinski definition) is 1. The van der Waals surface area contributed by atoms with Crippen molar-refractivity contribution < 1.29 is 8.42 Å². The standard InChI is InChI=1S/C21H23ClN4O2S2/c1-15(26-12-6-5-9-20(26)16-7-3-2-4-8-16)18-11-10-17(13-19(18)22)30(27,28)25-21-23-14-24-29-21/h2-4,7-8,10-11,13-15,20H,5-6,9,12H2,1H3,(H,23,24,25)/t15-,20-/m1/s1. The highest BCUT2D eigenvalue weighted by Crippen LogP contribution is 2.39. The molecule has 3 aromatic rings. The maximum Gasteiger partial charge on any atom is 0.263 e. The summed E-state index contributed by atoms with van der Waals surface area (Å²) in [7, 11) is -3.77. The molecule has 1 aliphatic rings. The van der Waals surface area contributed by atoms with E-state index in [1.807, 2.05) is 12.1 Å². The predicted octanol–water partition coefficient (Wildman–Crippen LogP) is 5.28. The van der Waals surface area contributed by atoms with Crippen LogP contribution in [0.4, 0.5) is 5.13 Å². The Bertz CT molecular complexity index is 1090. The molecule has 1 fully saturated rings. The number of hydrogen-bond acceptors (Lipinski definition) is 6. The summed E-state index contributed by atoms with van der Waals surface area (Å²) in [5.41, 5.74) is 2.23. The number of aromatic nitrogens is 2. The molecule has 1 aromatic heterocycles. The van der Waals surface area contributed by atoms with Crippen LogP contribution in [0.25, 0.3) is 0 Å². The van der Waals surface area contributed by atoms with Crippen molar-refractivity contribution in [1.82, 2.24) is 14.3 Å². The minimum Gasteiger partial charge on any atom is -0.290 e. The minimum absolute atomic E-state index is 0.0656. The van der Waals surface area contributed by atoms with Crippen LogP contribution in [0.1, 0.15) is 49.4 Å². The molecule has 0 saturated carbocycles. The molecule has 1 saturated heterocycles. The quantitative estimate of drug-likeness (QED) is 0.539. The molecule has 30 heavy (non-hydrogen) atoms. The number of benzene rings is 2. The van der Waals surface area contributed by atoms with Crippen molar-refractivity contribution in [2.75, 3.05) is 11.3 Å². The lowest BCUT2D eigenvalue weighted by molar-refractivity contribution is 0.103. The topological polar surface area (TPSA) is 75.2 Å². The van der Waals surface area contributed by atoms with E-state index in [2.05, 4.69) is 50.2 Å². The van der Waals surface area contributed by atoms with E-state index >= 15 is 0 Å². The number of nitrogens with one attached hydrogen (secondary N) is 1. The summed E-state index contributed by atoms with van der Waals surface area (Å²) < 4.78 is 31.5. The highest BCUT2D eigenvalue weighted by molar-refractivity contribution is 7.93. The lowest BCUT2D eigenvalue weighted by Crippen LogP contribution is -2.35. The molecule has 158 valence electrons. The first-order valence-corrected chi connectivity index (χ1v) is 12.5. The van der Waals surface area contributed by atoms with Gasteiger partial charge in [-0.25, -0.2) is 13.4 Å². The Morgan fingerprint density at radius 1 is 1.20 bits per heavy atom. The number of anilines is 1. The lowest BCUT2D eigenvalue weighted by atomic mass is 9.92. The van der Waals surface area contributed by atoms with Gasteiger partial charge < -0.3 is 0 Å². The molecule has 2 atom stereocenters. The van der Waals surface area contributed by atoms with Crippen LogP contribution < -0.4 is 4.72 Å². The molecular weight excluding hydrogens is 440 g/mol. The van der Waals surface area contributed by atoms with Crippen molar-refractivity contribution in [3.63, 3.8) is 0 Å². The summed E-state index contributed by atoms with van der Waals surface area (Å²) in [4.78, 5) is 6.45. The molecule has 0 radical (unpaired) electrons. The highest BCUT2D eigenvalue weighted by atomic mass is 35.5. The highest BCUT2D eigenvalue weighted by Gasteiger charge is 2.30. The van der Waals surface area contributed by atoms with Gasteiger partial charge in [0.15, 0.2) is 0 Å². The molecule has 0 spiro atoms. The molecule has 0 bridgehead atoms. The van der Waals surface area contributed by atoms with Gasteiger partial charge in [0.1, 0.15) is 6.33 Å². The third-order valence-electron chi connectivity index (χ3n) is 5.54. The second kappa shape index (κ2) is 9.01. The summed E-state index contributed by atoms with van der Waals surface area (Å²) in [6, 6.07) is 15.8. The maximum atomic E-state index is 12.6. The van der Waals surface area contributed by atoms with Gasteiger partial charge in [-0.2, -0.15) is 4.37 Å². The van der Waals surface area contributed by atoms with Gasteiger partial charge in [0.25, 0.3) is 10.0 Å². The lowest BCUT2D eigenvalue weighted by Gasteiger charge is -2.40. The smallest absolute Gasteiger partial charge is 0.263 e. The normalized spacial score (nSPS) is 18.8. The molecular formula is C21H23ClN4O2S2. The Hall–Kier alpha value is -2.00. The van der Waals surface area contributed by atoms with Gasteiger partial charge in [0.2, 0.25) is 5.13 Å². The second-order valence-corrected chi connectivity index (χ2v) is 10.2. The van der Waals surface area contributed by atoms with Gasteiger partial charge in [0, 0.05) is 28.6 Å². The van der Waals surface area contributed by atoms with Crippen LogP contribution in [0, 0.1) is 0 Å². The SMILES string of the molecule is C[C@H](c1ccc(S(=O)(=O)Nc2ncns2)cc1Cl)N1CCCC[C@@H]1c1ccccc1. The first kappa shape index (κ1) is 21.2. The number of rotatable bonds is 6. The first-order chi connectivity index (χ1) is 14.5. The van der Waals surface area contributed by atoms with E-state index in [1.165, 1.54) is 24.4 Å². The van der Waals surface area contributed by atoms with Crippen LogP contribution in [0.5, 0.6) is 0 Å². The summed E-state index contributed by atoms with van der Waals surface area (Å²) in [5, 5.41) is 0.669. The molecule has 0 unspecified atom stereocenters. The average Bonchev–Trinajstić information content (AvgIpc) is 3.26. The zero-order chi connectivity index (χ0) is 21.1. The molecule has 0 amide bonds. The molecule has 4 rings (SSSR count). The Morgan fingerprint density at radius 2 is 2.00 bits per heavy atom. The van der Waals surface area contributed by atoms with E-state index in [-0.39, 0.29) is 16.1 Å². The largest absolute Gasteiger partial charge is 0.290 e. The Balaban J connectivity index is 1.59. The van der Waals surface area contributed by atoms with E-state index < -0.39 is 10.0 Å². The van der Waals surface area contributed by atoms with Crippen molar-refractivity contribution in [1.29, 1.82) is 0 Å². The van der Waals surface area contributed by atoms with Crippen LogP contribution in [0.15, 0.2) is 59.8 Å².